The zero-order chi connectivity index (χ0) is 19.6. The van der Waals surface area contributed by atoms with Crippen LogP contribution in [0.15, 0.2) is 0 Å². The molecule has 1 N–H and O–H groups in total. The number of carbonyl (C=O) groups excluding carboxylic acids is 4. The van der Waals surface area contributed by atoms with Gasteiger partial charge in [0.05, 0.1) is 0 Å². The van der Waals surface area contributed by atoms with E-state index in [9.17, 15) is 19.2 Å². The lowest BCUT2D eigenvalue weighted by Crippen LogP contribution is -2.52. The summed E-state index contributed by atoms with van der Waals surface area (Å²) in [6.45, 7) is 5.94. The second kappa shape index (κ2) is 7.86. The molecule has 2 saturated heterocycles. The molecule has 1 aliphatic carbocycles. The van der Waals surface area contributed by atoms with Gasteiger partial charge in [0.15, 0.2) is 0 Å². The van der Waals surface area contributed by atoms with Gasteiger partial charge in [-0.1, -0.05) is 33.1 Å². The minimum Gasteiger partial charge on any atom is -0.339 e. The van der Waals surface area contributed by atoms with Crippen molar-refractivity contribution in [1.82, 2.24) is 20.0 Å². The van der Waals surface area contributed by atoms with Gasteiger partial charge < -0.3 is 15.1 Å². The van der Waals surface area contributed by atoms with Crippen molar-refractivity contribution >= 4 is 23.8 Å². The number of imide groups is 1. The third kappa shape index (κ3) is 3.94. The van der Waals surface area contributed by atoms with Gasteiger partial charge in [-0.25, -0.2) is 4.79 Å². The lowest BCUT2D eigenvalue weighted by Gasteiger charge is -2.35. The van der Waals surface area contributed by atoms with E-state index >= 15 is 0 Å². The summed E-state index contributed by atoms with van der Waals surface area (Å²) in [6, 6.07) is -0.373. The summed E-state index contributed by atoms with van der Waals surface area (Å²) in [5.74, 6) is -0.178. The van der Waals surface area contributed by atoms with Crippen LogP contribution in [0.1, 0.15) is 52.4 Å². The quantitative estimate of drug-likeness (QED) is 0.738. The van der Waals surface area contributed by atoms with Gasteiger partial charge in [0.25, 0.3) is 5.91 Å². The molecule has 0 radical (unpaired) electrons. The molecule has 8 nitrogen and oxygen atoms in total. The molecule has 2 aliphatic heterocycles. The van der Waals surface area contributed by atoms with Crippen LogP contribution in [0.3, 0.4) is 0 Å². The van der Waals surface area contributed by atoms with Gasteiger partial charge in [0.2, 0.25) is 11.8 Å². The highest BCUT2D eigenvalue weighted by Gasteiger charge is 2.51. The van der Waals surface area contributed by atoms with E-state index in [2.05, 4.69) is 5.32 Å². The molecule has 0 atom stereocenters. The lowest BCUT2D eigenvalue weighted by molar-refractivity contribution is -0.142. The molecule has 1 saturated carbocycles. The summed E-state index contributed by atoms with van der Waals surface area (Å²) in [4.78, 5) is 54.2. The Balaban J connectivity index is 1.49. The number of nitrogens with one attached hydrogen (secondary N) is 1. The van der Waals surface area contributed by atoms with Gasteiger partial charge in [-0.15, -0.1) is 0 Å². The molecule has 8 heteroatoms. The van der Waals surface area contributed by atoms with Gasteiger partial charge in [-0.3, -0.25) is 19.3 Å². The van der Waals surface area contributed by atoms with Crippen molar-refractivity contribution in [3.05, 3.63) is 0 Å². The highest BCUT2D eigenvalue weighted by Crippen LogP contribution is 2.33. The van der Waals surface area contributed by atoms with E-state index < -0.39 is 5.54 Å². The number of urea groups is 1. The van der Waals surface area contributed by atoms with Crippen molar-refractivity contribution in [3.63, 3.8) is 0 Å². The van der Waals surface area contributed by atoms with E-state index in [4.69, 9.17) is 0 Å². The fraction of sp³-hybridized carbons (Fsp3) is 0.789. The van der Waals surface area contributed by atoms with Crippen LogP contribution < -0.4 is 5.32 Å². The Bertz CT molecular complexity index is 619. The molecule has 3 aliphatic rings. The molecule has 5 amide bonds. The van der Waals surface area contributed by atoms with Gasteiger partial charge in [0.1, 0.15) is 5.54 Å². The Kier molecular flexibility index (Phi) is 5.72. The molecule has 0 aromatic heterocycles. The third-order valence-corrected chi connectivity index (χ3v) is 5.94. The first-order valence-electron chi connectivity index (χ1n) is 10.0. The van der Waals surface area contributed by atoms with Gasteiger partial charge in [-0.2, -0.15) is 0 Å². The van der Waals surface area contributed by atoms with E-state index in [0.717, 1.165) is 19.3 Å². The average molecular weight is 378 g/mol. The van der Waals surface area contributed by atoms with Crippen LogP contribution in [0.4, 0.5) is 4.79 Å². The predicted molar refractivity (Wildman–Crippen MR) is 98.7 cm³/mol. The van der Waals surface area contributed by atoms with Gasteiger partial charge in [0, 0.05) is 45.1 Å². The number of hydrogen-bond donors (Lipinski definition) is 1. The second-order valence-corrected chi connectivity index (χ2v) is 8.14. The SMILES string of the molecule is CC(C)C(=O)N1CCN(C(=O)CCN2C(=O)NC3(CCCCC3)C2=O)CC1. The van der Waals surface area contributed by atoms with Crippen LogP contribution >= 0.6 is 0 Å². The first kappa shape index (κ1) is 19.6. The van der Waals surface area contributed by atoms with Crippen LogP contribution in [0.2, 0.25) is 0 Å². The smallest absolute Gasteiger partial charge is 0.325 e. The van der Waals surface area contributed by atoms with Crippen LogP contribution in [0.25, 0.3) is 0 Å². The predicted octanol–water partition coefficient (Wildman–Crippen LogP) is 0.958. The minimum absolute atomic E-state index is 0.0425. The molecule has 0 bridgehead atoms. The summed E-state index contributed by atoms with van der Waals surface area (Å²) < 4.78 is 0. The van der Waals surface area contributed by atoms with Crippen LogP contribution in [0.5, 0.6) is 0 Å². The Morgan fingerprint density at radius 1 is 1.00 bits per heavy atom. The van der Waals surface area contributed by atoms with Crippen molar-refractivity contribution in [2.24, 2.45) is 5.92 Å². The number of amides is 5. The van der Waals surface area contributed by atoms with Crippen LogP contribution in [-0.2, 0) is 14.4 Å². The first-order valence-corrected chi connectivity index (χ1v) is 10.0. The number of piperazine rings is 1. The fourth-order valence-corrected chi connectivity index (χ4v) is 4.28. The molecule has 1 spiro atoms. The minimum atomic E-state index is -0.735. The maximum Gasteiger partial charge on any atom is 0.325 e. The summed E-state index contributed by atoms with van der Waals surface area (Å²) in [7, 11) is 0. The molecule has 3 fully saturated rings. The number of carbonyl (C=O) groups is 4. The summed E-state index contributed by atoms with van der Waals surface area (Å²) in [5.41, 5.74) is -0.735. The van der Waals surface area contributed by atoms with Crippen molar-refractivity contribution < 1.29 is 19.2 Å². The topological polar surface area (TPSA) is 90.0 Å². The first-order chi connectivity index (χ1) is 12.8. The Morgan fingerprint density at radius 3 is 2.19 bits per heavy atom. The average Bonchev–Trinajstić information content (AvgIpc) is 2.89. The summed E-state index contributed by atoms with van der Waals surface area (Å²) >= 11 is 0. The van der Waals surface area contributed by atoms with Crippen molar-refractivity contribution in [3.8, 4) is 0 Å². The molecule has 2 heterocycles. The Morgan fingerprint density at radius 2 is 1.59 bits per heavy atom. The molecule has 27 heavy (non-hydrogen) atoms. The molecule has 3 rings (SSSR count). The molecule has 0 aromatic rings. The van der Waals surface area contributed by atoms with E-state index in [1.54, 1.807) is 9.80 Å². The normalized spacial score (nSPS) is 22.6. The molecule has 0 unspecified atom stereocenters. The number of nitrogens with zero attached hydrogens (tertiary/aromatic N) is 3. The maximum atomic E-state index is 12.7. The zero-order valence-corrected chi connectivity index (χ0v) is 16.3. The fourth-order valence-electron chi connectivity index (χ4n) is 4.28. The van der Waals surface area contributed by atoms with Gasteiger partial charge in [-0.05, 0) is 12.8 Å². The standard InChI is InChI=1S/C19H30N4O4/c1-14(2)16(25)22-12-10-21(11-13-22)15(24)6-9-23-17(26)19(20-18(23)27)7-4-3-5-8-19/h14H,3-13H2,1-2H3,(H,20,27). The van der Waals surface area contributed by atoms with Gasteiger partial charge >= 0.3 is 6.03 Å². The van der Waals surface area contributed by atoms with Crippen LogP contribution in [-0.4, -0.2) is 76.7 Å². The Hall–Kier alpha value is -2.12. The number of hydrogen-bond acceptors (Lipinski definition) is 4. The van der Waals surface area contributed by atoms with Crippen molar-refractivity contribution in [1.29, 1.82) is 0 Å². The summed E-state index contributed by atoms with van der Waals surface area (Å²) in [6.07, 6.45) is 4.49. The molecule has 0 aromatic carbocycles. The summed E-state index contributed by atoms with van der Waals surface area (Å²) in [5, 5.41) is 2.87. The molecular weight excluding hydrogens is 348 g/mol. The van der Waals surface area contributed by atoms with Crippen LogP contribution in [0, 0.1) is 5.92 Å². The zero-order valence-electron chi connectivity index (χ0n) is 16.3. The third-order valence-electron chi connectivity index (χ3n) is 5.94. The molecular formula is C19H30N4O4. The maximum absolute atomic E-state index is 12.7. The van der Waals surface area contributed by atoms with Crippen molar-refractivity contribution in [2.45, 2.75) is 57.9 Å². The second-order valence-electron chi connectivity index (χ2n) is 8.14. The van der Waals surface area contributed by atoms with E-state index in [1.165, 1.54) is 4.90 Å². The molecule has 150 valence electrons. The van der Waals surface area contributed by atoms with E-state index in [0.29, 0.717) is 39.0 Å². The largest absolute Gasteiger partial charge is 0.339 e. The van der Waals surface area contributed by atoms with Crippen molar-refractivity contribution in [2.75, 3.05) is 32.7 Å². The Labute approximate surface area is 160 Å². The van der Waals surface area contributed by atoms with E-state index in [-0.39, 0.29) is 42.6 Å². The number of rotatable bonds is 4. The monoisotopic (exact) mass is 378 g/mol. The van der Waals surface area contributed by atoms with E-state index in [1.807, 2.05) is 13.8 Å². The highest BCUT2D eigenvalue weighted by molar-refractivity contribution is 6.07. The lowest BCUT2D eigenvalue weighted by atomic mass is 9.82. The highest BCUT2D eigenvalue weighted by atomic mass is 16.2.